The Labute approximate surface area is 202 Å². The Kier molecular flexibility index (Phi) is 18.1. The SMILES string of the molecule is CCCCCCCCCCCCCCCCNc1ccc(CC(=O)NCC(=O)OCC)cc1. The molecular weight excluding hydrogens is 412 g/mol. The molecule has 0 fully saturated rings. The van der Waals surface area contributed by atoms with E-state index in [1.807, 2.05) is 24.3 Å². The minimum absolute atomic E-state index is 0.0779. The molecule has 2 N–H and O–H groups in total. The highest BCUT2D eigenvalue weighted by molar-refractivity contribution is 5.83. The van der Waals surface area contributed by atoms with E-state index in [1.165, 1.54) is 89.9 Å². The maximum atomic E-state index is 11.9. The number of benzene rings is 1. The van der Waals surface area contributed by atoms with E-state index >= 15 is 0 Å². The van der Waals surface area contributed by atoms with E-state index in [1.54, 1.807) is 6.92 Å². The van der Waals surface area contributed by atoms with Crippen LogP contribution in [-0.4, -0.2) is 31.6 Å². The van der Waals surface area contributed by atoms with Crippen molar-refractivity contribution in [2.45, 2.75) is 110 Å². The zero-order valence-electron chi connectivity index (χ0n) is 21.3. The van der Waals surface area contributed by atoms with Gasteiger partial charge in [-0.15, -0.1) is 0 Å². The molecule has 0 aliphatic rings. The van der Waals surface area contributed by atoms with Crippen LogP contribution < -0.4 is 10.6 Å². The number of anilines is 1. The maximum absolute atomic E-state index is 11.9. The molecule has 0 atom stereocenters. The van der Waals surface area contributed by atoms with Crippen LogP contribution in [0.1, 0.15) is 109 Å². The smallest absolute Gasteiger partial charge is 0.325 e. The molecule has 5 nitrogen and oxygen atoms in total. The van der Waals surface area contributed by atoms with E-state index in [0.29, 0.717) is 6.61 Å². The molecule has 0 unspecified atom stereocenters. The van der Waals surface area contributed by atoms with Crippen LogP contribution in [0.3, 0.4) is 0 Å². The summed E-state index contributed by atoms with van der Waals surface area (Å²) in [6, 6.07) is 7.94. The van der Waals surface area contributed by atoms with Crippen LogP contribution in [0.5, 0.6) is 0 Å². The Bertz CT molecular complexity index is 616. The fourth-order valence-electron chi connectivity index (χ4n) is 3.92. The van der Waals surface area contributed by atoms with E-state index in [4.69, 9.17) is 4.74 Å². The monoisotopic (exact) mass is 460 g/mol. The number of carbonyl (C=O) groups is 2. The molecule has 0 radical (unpaired) electrons. The third-order valence-corrected chi connectivity index (χ3v) is 5.91. The summed E-state index contributed by atoms with van der Waals surface area (Å²) in [4.78, 5) is 23.2. The highest BCUT2D eigenvalue weighted by Gasteiger charge is 2.07. The van der Waals surface area contributed by atoms with E-state index < -0.39 is 5.97 Å². The Hall–Kier alpha value is -2.04. The van der Waals surface area contributed by atoms with Gasteiger partial charge in [-0.2, -0.15) is 0 Å². The minimum Gasteiger partial charge on any atom is -0.465 e. The van der Waals surface area contributed by atoms with Crippen molar-refractivity contribution in [1.29, 1.82) is 0 Å². The molecule has 1 rings (SSSR count). The van der Waals surface area contributed by atoms with Gasteiger partial charge in [0.05, 0.1) is 13.0 Å². The van der Waals surface area contributed by atoms with Gasteiger partial charge < -0.3 is 15.4 Å². The molecule has 0 saturated heterocycles. The van der Waals surface area contributed by atoms with Crippen LogP contribution in [0, 0.1) is 0 Å². The molecule has 1 amide bonds. The quantitative estimate of drug-likeness (QED) is 0.156. The lowest BCUT2D eigenvalue weighted by atomic mass is 10.0. The number of hydrogen-bond donors (Lipinski definition) is 2. The number of unbranched alkanes of at least 4 members (excludes halogenated alkanes) is 13. The number of nitrogens with one attached hydrogen (secondary N) is 2. The molecule has 0 bridgehead atoms. The van der Waals surface area contributed by atoms with Crippen LogP contribution in [-0.2, 0) is 20.7 Å². The molecular formula is C28H48N2O3. The van der Waals surface area contributed by atoms with Crippen molar-refractivity contribution >= 4 is 17.6 Å². The summed E-state index contributed by atoms with van der Waals surface area (Å²) in [5, 5.41) is 6.05. The van der Waals surface area contributed by atoms with Gasteiger partial charge in [-0.1, -0.05) is 103 Å². The van der Waals surface area contributed by atoms with E-state index in [-0.39, 0.29) is 18.9 Å². The third-order valence-electron chi connectivity index (χ3n) is 5.91. The van der Waals surface area contributed by atoms with Gasteiger partial charge in [0, 0.05) is 12.2 Å². The van der Waals surface area contributed by atoms with Gasteiger partial charge in [0.25, 0.3) is 0 Å². The summed E-state index contributed by atoms with van der Waals surface area (Å²) in [7, 11) is 0. The largest absolute Gasteiger partial charge is 0.465 e. The van der Waals surface area contributed by atoms with E-state index in [0.717, 1.165) is 17.8 Å². The number of ether oxygens (including phenoxy) is 1. The van der Waals surface area contributed by atoms with Gasteiger partial charge in [0.1, 0.15) is 6.54 Å². The second kappa shape index (κ2) is 20.6. The van der Waals surface area contributed by atoms with Crippen molar-refractivity contribution in [3.8, 4) is 0 Å². The lowest BCUT2D eigenvalue weighted by Gasteiger charge is -2.08. The predicted molar refractivity (Wildman–Crippen MR) is 139 cm³/mol. The molecule has 1 aromatic rings. The summed E-state index contributed by atoms with van der Waals surface area (Å²) in [5.74, 6) is -0.583. The van der Waals surface area contributed by atoms with Gasteiger partial charge in [0.2, 0.25) is 5.91 Å². The van der Waals surface area contributed by atoms with Crippen molar-refractivity contribution in [2.75, 3.05) is 25.0 Å². The minimum atomic E-state index is -0.408. The highest BCUT2D eigenvalue weighted by Crippen LogP contribution is 2.14. The van der Waals surface area contributed by atoms with Gasteiger partial charge in [-0.05, 0) is 31.0 Å². The summed E-state index contributed by atoms with van der Waals surface area (Å²) in [6.45, 7) is 5.25. The van der Waals surface area contributed by atoms with Gasteiger partial charge >= 0.3 is 5.97 Å². The average molecular weight is 461 g/mol. The fraction of sp³-hybridized carbons (Fsp3) is 0.714. The number of esters is 1. The number of hydrogen-bond acceptors (Lipinski definition) is 4. The zero-order valence-corrected chi connectivity index (χ0v) is 21.3. The fourth-order valence-corrected chi connectivity index (χ4v) is 3.92. The van der Waals surface area contributed by atoms with Crippen molar-refractivity contribution in [2.24, 2.45) is 0 Å². The van der Waals surface area contributed by atoms with Crippen molar-refractivity contribution in [1.82, 2.24) is 5.32 Å². The molecule has 33 heavy (non-hydrogen) atoms. The lowest BCUT2D eigenvalue weighted by Crippen LogP contribution is -2.31. The first-order valence-electron chi connectivity index (χ1n) is 13.4. The highest BCUT2D eigenvalue weighted by atomic mass is 16.5. The molecule has 188 valence electrons. The molecule has 5 heteroatoms. The van der Waals surface area contributed by atoms with Crippen molar-refractivity contribution in [3.05, 3.63) is 29.8 Å². The maximum Gasteiger partial charge on any atom is 0.325 e. The van der Waals surface area contributed by atoms with E-state index in [9.17, 15) is 9.59 Å². The molecule has 0 aromatic heterocycles. The molecule has 1 aromatic carbocycles. The summed E-state index contributed by atoms with van der Waals surface area (Å²) in [6.07, 6.45) is 19.5. The Morgan fingerprint density at radius 1 is 0.727 bits per heavy atom. The standard InChI is InChI=1S/C28H48N2O3/c1-3-5-6-7-8-9-10-11-12-13-14-15-16-17-22-29-26-20-18-25(19-21-26)23-27(31)30-24-28(32)33-4-2/h18-21,29H,3-17,22-24H2,1-2H3,(H,30,31). The number of rotatable bonds is 21. The first-order valence-corrected chi connectivity index (χ1v) is 13.4. The Balaban J connectivity index is 1.96. The van der Waals surface area contributed by atoms with Gasteiger partial charge in [-0.3, -0.25) is 9.59 Å². The lowest BCUT2D eigenvalue weighted by molar-refractivity contribution is -0.143. The molecule has 0 aliphatic heterocycles. The second-order valence-electron chi connectivity index (χ2n) is 8.98. The van der Waals surface area contributed by atoms with Crippen LogP contribution in [0.2, 0.25) is 0 Å². The van der Waals surface area contributed by atoms with Crippen LogP contribution in [0.25, 0.3) is 0 Å². The third kappa shape index (κ3) is 17.1. The van der Waals surface area contributed by atoms with Gasteiger partial charge in [0.15, 0.2) is 0 Å². The van der Waals surface area contributed by atoms with E-state index in [2.05, 4.69) is 17.6 Å². The average Bonchev–Trinajstić information content (AvgIpc) is 2.81. The zero-order chi connectivity index (χ0) is 24.0. The van der Waals surface area contributed by atoms with Crippen LogP contribution in [0.15, 0.2) is 24.3 Å². The normalized spacial score (nSPS) is 10.7. The molecule has 0 heterocycles. The molecule has 0 spiro atoms. The predicted octanol–water partition coefficient (Wildman–Crippen LogP) is 6.80. The molecule has 0 aliphatic carbocycles. The summed E-state index contributed by atoms with van der Waals surface area (Å²) >= 11 is 0. The Morgan fingerprint density at radius 2 is 1.24 bits per heavy atom. The van der Waals surface area contributed by atoms with Crippen molar-refractivity contribution < 1.29 is 14.3 Å². The van der Waals surface area contributed by atoms with Crippen LogP contribution in [0.4, 0.5) is 5.69 Å². The summed E-state index contributed by atoms with van der Waals surface area (Å²) < 4.78 is 4.80. The van der Waals surface area contributed by atoms with Crippen molar-refractivity contribution in [3.63, 3.8) is 0 Å². The second-order valence-corrected chi connectivity index (χ2v) is 8.98. The first kappa shape index (κ1) is 29.0. The first-order chi connectivity index (χ1) is 16.2. The summed E-state index contributed by atoms with van der Waals surface area (Å²) in [5.41, 5.74) is 2.01. The van der Waals surface area contributed by atoms with Crippen LogP contribution >= 0.6 is 0 Å². The number of carbonyl (C=O) groups excluding carboxylic acids is 2. The number of amides is 1. The Morgan fingerprint density at radius 3 is 1.76 bits per heavy atom. The van der Waals surface area contributed by atoms with Gasteiger partial charge in [-0.25, -0.2) is 0 Å². The topological polar surface area (TPSA) is 67.4 Å². The molecule has 0 saturated carbocycles.